The van der Waals surface area contributed by atoms with Crippen LogP contribution in [0, 0.1) is 0 Å². The van der Waals surface area contributed by atoms with Crippen molar-refractivity contribution in [2.75, 3.05) is 33.4 Å². The van der Waals surface area contributed by atoms with E-state index < -0.39 is 6.10 Å². The number of aliphatic hydroxyl groups is 2. The number of benzene rings is 2. The van der Waals surface area contributed by atoms with Crippen molar-refractivity contribution >= 4 is 0 Å². The zero-order valence-corrected chi connectivity index (χ0v) is 15.1. The zero-order chi connectivity index (χ0) is 17.2. The molecule has 0 amide bonds. The topological polar surface area (TPSA) is 62.2 Å². The van der Waals surface area contributed by atoms with E-state index in [9.17, 15) is 10.2 Å². The molecular weight excluding hydrogens is 342 g/mol. The number of ether oxygens (including phenoxy) is 2. The van der Waals surface area contributed by atoms with Gasteiger partial charge in [-0.3, -0.25) is 4.90 Å². The van der Waals surface area contributed by atoms with Crippen molar-refractivity contribution in [1.82, 2.24) is 4.90 Å². The minimum Gasteiger partial charge on any atom is -1.00 e. The fraction of sp³-hybridized carbons (Fsp3) is 0.368. The molecule has 0 heterocycles. The molecule has 0 bridgehead atoms. The highest BCUT2D eigenvalue weighted by atomic mass is 35.5. The van der Waals surface area contributed by atoms with E-state index >= 15 is 0 Å². The second kappa shape index (κ2) is 11.7. The van der Waals surface area contributed by atoms with Crippen LogP contribution in [0.15, 0.2) is 54.6 Å². The van der Waals surface area contributed by atoms with Gasteiger partial charge in [0.25, 0.3) is 0 Å². The maximum absolute atomic E-state index is 10.2. The summed E-state index contributed by atoms with van der Waals surface area (Å²) in [6, 6.07) is 17.3. The summed E-state index contributed by atoms with van der Waals surface area (Å²) in [5, 5.41) is 19.5. The van der Waals surface area contributed by atoms with Gasteiger partial charge in [0.1, 0.15) is 24.2 Å². The smallest absolute Gasteiger partial charge is 0.123 e. The van der Waals surface area contributed by atoms with Gasteiger partial charge in [-0.25, -0.2) is 0 Å². The minimum absolute atomic E-state index is 0. The van der Waals surface area contributed by atoms with Gasteiger partial charge >= 0.3 is 0 Å². The van der Waals surface area contributed by atoms with Crippen LogP contribution >= 0.6 is 0 Å². The summed E-state index contributed by atoms with van der Waals surface area (Å²) >= 11 is 0. The molecule has 0 aliphatic heterocycles. The first-order valence-electron chi connectivity index (χ1n) is 8.03. The normalized spacial score (nSPS) is 11.7. The maximum atomic E-state index is 10.2. The van der Waals surface area contributed by atoms with Gasteiger partial charge < -0.3 is 32.1 Å². The molecule has 6 heteroatoms. The maximum Gasteiger partial charge on any atom is 0.123 e. The van der Waals surface area contributed by atoms with E-state index in [0.717, 1.165) is 5.56 Å². The summed E-state index contributed by atoms with van der Waals surface area (Å²) in [6.45, 7) is 1.85. The fourth-order valence-electron chi connectivity index (χ4n) is 2.45. The molecule has 0 saturated carbocycles. The van der Waals surface area contributed by atoms with Crippen molar-refractivity contribution in [2.24, 2.45) is 0 Å². The summed E-state index contributed by atoms with van der Waals surface area (Å²) in [5.74, 6) is 1.37. The number of rotatable bonds is 10. The van der Waals surface area contributed by atoms with Gasteiger partial charge in [-0.1, -0.05) is 36.4 Å². The van der Waals surface area contributed by atoms with Crippen LogP contribution in [0.4, 0.5) is 0 Å². The summed E-state index contributed by atoms with van der Waals surface area (Å²) in [6.07, 6.45) is -0.647. The van der Waals surface area contributed by atoms with Crippen LogP contribution in [0.1, 0.15) is 5.56 Å². The highest BCUT2D eigenvalue weighted by molar-refractivity contribution is 5.32. The second-order valence-electron chi connectivity index (χ2n) is 5.59. The molecule has 138 valence electrons. The minimum atomic E-state index is -0.647. The molecule has 0 aromatic heterocycles. The molecule has 0 aliphatic rings. The summed E-state index contributed by atoms with van der Waals surface area (Å²) in [4.78, 5) is 2.01. The Labute approximate surface area is 155 Å². The van der Waals surface area contributed by atoms with Crippen LogP contribution in [-0.4, -0.2) is 54.6 Å². The Morgan fingerprint density at radius 3 is 2.44 bits per heavy atom. The number of halogens is 1. The van der Waals surface area contributed by atoms with E-state index in [1.54, 1.807) is 13.2 Å². The molecule has 5 nitrogen and oxygen atoms in total. The van der Waals surface area contributed by atoms with E-state index in [0.29, 0.717) is 31.1 Å². The van der Waals surface area contributed by atoms with Crippen molar-refractivity contribution in [3.8, 4) is 11.5 Å². The van der Waals surface area contributed by atoms with Crippen molar-refractivity contribution < 1.29 is 32.1 Å². The third-order valence-corrected chi connectivity index (χ3v) is 3.62. The quantitative estimate of drug-likeness (QED) is 0.561. The molecule has 0 fully saturated rings. The molecule has 25 heavy (non-hydrogen) atoms. The SMILES string of the molecule is COc1cccc(OCC(O)CN(CCO)Cc2ccccc2)c1.[Cl-]. The van der Waals surface area contributed by atoms with Gasteiger partial charge in [-0.15, -0.1) is 0 Å². The number of hydrogen-bond donors (Lipinski definition) is 2. The molecule has 2 N–H and O–H groups in total. The first kappa shape index (κ1) is 21.3. The van der Waals surface area contributed by atoms with Crippen molar-refractivity contribution in [2.45, 2.75) is 12.6 Å². The molecule has 0 spiro atoms. The number of aliphatic hydroxyl groups excluding tert-OH is 2. The molecule has 0 radical (unpaired) electrons. The Morgan fingerprint density at radius 1 is 1.04 bits per heavy atom. The summed E-state index contributed by atoms with van der Waals surface area (Å²) < 4.78 is 10.8. The van der Waals surface area contributed by atoms with Crippen molar-refractivity contribution in [1.29, 1.82) is 0 Å². The third kappa shape index (κ3) is 7.75. The van der Waals surface area contributed by atoms with E-state index in [2.05, 4.69) is 0 Å². The van der Waals surface area contributed by atoms with E-state index in [-0.39, 0.29) is 25.6 Å². The first-order chi connectivity index (χ1) is 11.7. The van der Waals surface area contributed by atoms with Crippen LogP contribution in [-0.2, 0) is 6.54 Å². The van der Waals surface area contributed by atoms with Gasteiger partial charge in [-0.2, -0.15) is 0 Å². The predicted molar refractivity (Wildman–Crippen MR) is 93.3 cm³/mol. The Bertz CT molecular complexity index is 597. The third-order valence-electron chi connectivity index (χ3n) is 3.62. The van der Waals surface area contributed by atoms with Crippen LogP contribution < -0.4 is 21.9 Å². The van der Waals surface area contributed by atoms with E-state index in [1.807, 2.05) is 53.4 Å². The lowest BCUT2D eigenvalue weighted by molar-refractivity contribution is -0.00000986. The monoisotopic (exact) mass is 366 g/mol. The molecule has 0 saturated heterocycles. The molecule has 2 aromatic carbocycles. The molecular formula is C19H25ClNO4-. The number of hydrogen-bond acceptors (Lipinski definition) is 5. The van der Waals surface area contributed by atoms with E-state index in [4.69, 9.17) is 9.47 Å². The van der Waals surface area contributed by atoms with Crippen LogP contribution in [0.3, 0.4) is 0 Å². The van der Waals surface area contributed by atoms with E-state index in [1.165, 1.54) is 0 Å². The zero-order valence-electron chi connectivity index (χ0n) is 14.3. The summed E-state index contributed by atoms with van der Waals surface area (Å²) in [5.41, 5.74) is 1.15. The predicted octanol–water partition coefficient (Wildman–Crippen LogP) is -1.07. The molecule has 0 aliphatic carbocycles. The standard InChI is InChI=1S/C19H25NO4.ClH/c1-23-18-8-5-9-19(12-18)24-15-17(22)14-20(10-11-21)13-16-6-3-2-4-7-16;/h2-9,12,17,21-22H,10-11,13-15H2,1H3;1H/p-1. The van der Waals surface area contributed by atoms with Crippen molar-refractivity contribution in [3.63, 3.8) is 0 Å². The van der Waals surface area contributed by atoms with Crippen LogP contribution in [0.25, 0.3) is 0 Å². The lowest BCUT2D eigenvalue weighted by atomic mass is 10.2. The largest absolute Gasteiger partial charge is 1.00 e. The van der Waals surface area contributed by atoms with Crippen LogP contribution in [0.5, 0.6) is 11.5 Å². The average molecular weight is 367 g/mol. The first-order valence-corrected chi connectivity index (χ1v) is 8.03. The van der Waals surface area contributed by atoms with Crippen LogP contribution in [0.2, 0.25) is 0 Å². The highest BCUT2D eigenvalue weighted by Crippen LogP contribution is 2.19. The van der Waals surface area contributed by atoms with Crippen molar-refractivity contribution in [3.05, 3.63) is 60.2 Å². The Morgan fingerprint density at radius 2 is 1.76 bits per heavy atom. The molecule has 2 rings (SSSR count). The second-order valence-corrected chi connectivity index (χ2v) is 5.59. The molecule has 1 atom stereocenters. The fourth-order valence-corrected chi connectivity index (χ4v) is 2.45. The number of nitrogens with zero attached hydrogens (tertiary/aromatic N) is 1. The molecule has 1 unspecified atom stereocenters. The lowest BCUT2D eigenvalue weighted by Crippen LogP contribution is -3.00. The Balaban J connectivity index is 0.00000312. The number of methoxy groups -OCH3 is 1. The molecule has 2 aromatic rings. The summed E-state index contributed by atoms with van der Waals surface area (Å²) in [7, 11) is 1.60. The Kier molecular flexibility index (Phi) is 9.96. The highest BCUT2D eigenvalue weighted by Gasteiger charge is 2.13. The van der Waals surface area contributed by atoms with Gasteiger partial charge in [0.15, 0.2) is 0 Å². The van der Waals surface area contributed by atoms with Gasteiger partial charge in [-0.05, 0) is 17.7 Å². The van der Waals surface area contributed by atoms with Gasteiger partial charge in [0.05, 0.1) is 13.7 Å². The lowest BCUT2D eigenvalue weighted by Gasteiger charge is -2.24. The Hall–Kier alpha value is -1.79. The average Bonchev–Trinajstić information content (AvgIpc) is 2.61. The van der Waals surface area contributed by atoms with Gasteiger partial charge in [0.2, 0.25) is 0 Å². The van der Waals surface area contributed by atoms with Gasteiger partial charge in [0, 0.05) is 25.7 Å².